The lowest BCUT2D eigenvalue weighted by Gasteiger charge is -2.32. The lowest BCUT2D eigenvalue weighted by atomic mass is 9.91. The highest BCUT2D eigenvalue weighted by atomic mass is 19.1. The minimum Gasteiger partial charge on any atom is -0.493 e. The monoisotopic (exact) mass is 448 g/mol. The standard InChI is InChI=1S/C27H29FN2O3/c1-18-14-22(20-5-7-23(28)8-6-20)17-24(29-18)21-10-12-30(13-11-21)27(31)16-19-4-9-25(32-2)26(15-19)33-3/h4-9,14-15,17,21H,10-13,16H2,1-3H3. The fraction of sp³-hybridized carbons (Fsp3) is 0.333. The molecule has 2 heterocycles. The topological polar surface area (TPSA) is 51.7 Å². The molecule has 3 aromatic rings. The smallest absolute Gasteiger partial charge is 0.226 e. The third kappa shape index (κ3) is 5.33. The zero-order valence-corrected chi connectivity index (χ0v) is 19.3. The van der Waals surface area contributed by atoms with Gasteiger partial charge < -0.3 is 14.4 Å². The van der Waals surface area contributed by atoms with Crippen LogP contribution < -0.4 is 9.47 Å². The van der Waals surface area contributed by atoms with E-state index in [1.165, 1.54) is 12.1 Å². The zero-order chi connectivity index (χ0) is 23.4. The van der Waals surface area contributed by atoms with E-state index in [1.807, 2.05) is 36.1 Å². The van der Waals surface area contributed by atoms with Gasteiger partial charge in [-0.05, 0) is 72.9 Å². The summed E-state index contributed by atoms with van der Waals surface area (Å²) < 4.78 is 23.9. The summed E-state index contributed by atoms with van der Waals surface area (Å²) in [6.45, 7) is 3.40. The molecule has 4 rings (SSSR count). The quantitative estimate of drug-likeness (QED) is 0.523. The Morgan fingerprint density at radius 2 is 1.67 bits per heavy atom. The summed E-state index contributed by atoms with van der Waals surface area (Å²) in [5.74, 6) is 1.46. The second-order valence-corrected chi connectivity index (χ2v) is 8.45. The van der Waals surface area contributed by atoms with Crippen molar-refractivity contribution >= 4 is 5.91 Å². The number of rotatable bonds is 6. The maximum absolute atomic E-state index is 13.3. The van der Waals surface area contributed by atoms with E-state index in [0.29, 0.717) is 36.9 Å². The van der Waals surface area contributed by atoms with E-state index in [0.717, 1.165) is 40.9 Å². The number of benzene rings is 2. The Kier molecular flexibility index (Phi) is 6.92. The van der Waals surface area contributed by atoms with E-state index in [4.69, 9.17) is 14.5 Å². The Balaban J connectivity index is 1.40. The second-order valence-electron chi connectivity index (χ2n) is 8.45. The number of ether oxygens (including phenoxy) is 2. The number of carbonyl (C=O) groups excluding carboxylic acids is 1. The molecule has 0 radical (unpaired) electrons. The fourth-order valence-corrected chi connectivity index (χ4v) is 4.41. The van der Waals surface area contributed by atoms with Gasteiger partial charge in [0.1, 0.15) is 5.82 Å². The van der Waals surface area contributed by atoms with E-state index < -0.39 is 0 Å². The summed E-state index contributed by atoms with van der Waals surface area (Å²) in [5, 5.41) is 0. The molecule has 5 nitrogen and oxygen atoms in total. The minimum atomic E-state index is -0.241. The van der Waals surface area contributed by atoms with E-state index in [9.17, 15) is 9.18 Å². The van der Waals surface area contributed by atoms with Gasteiger partial charge in [0.25, 0.3) is 0 Å². The van der Waals surface area contributed by atoms with Crippen LogP contribution in [0.1, 0.15) is 35.7 Å². The van der Waals surface area contributed by atoms with Gasteiger partial charge in [0.2, 0.25) is 5.91 Å². The molecule has 1 saturated heterocycles. The Morgan fingerprint density at radius 3 is 2.33 bits per heavy atom. The maximum Gasteiger partial charge on any atom is 0.226 e. The van der Waals surface area contributed by atoms with Crippen LogP contribution in [0.4, 0.5) is 4.39 Å². The number of carbonyl (C=O) groups is 1. The van der Waals surface area contributed by atoms with Crippen molar-refractivity contribution in [3.05, 3.63) is 77.4 Å². The largest absolute Gasteiger partial charge is 0.493 e. The Hall–Kier alpha value is -3.41. The Labute approximate surface area is 194 Å². The van der Waals surface area contributed by atoms with Gasteiger partial charge in [-0.25, -0.2) is 4.39 Å². The van der Waals surface area contributed by atoms with Crippen molar-refractivity contribution < 1.29 is 18.7 Å². The average molecular weight is 449 g/mol. The summed E-state index contributed by atoms with van der Waals surface area (Å²) in [6.07, 6.45) is 2.08. The third-order valence-electron chi connectivity index (χ3n) is 6.22. The summed E-state index contributed by atoms with van der Waals surface area (Å²) in [7, 11) is 3.19. The molecule has 1 fully saturated rings. The minimum absolute atomic E-state index is 0.116. The van der Waals surface area contributed by atoms with Gasteiger partial charge in [-0.2, -0.15) is 0 Å². The molecule has 1 aromatic heterocycles. The lowest BCUT2D eigenvalue weighted by Crippen LogP contribution is -2.39. The maximum atomic E-state index is 13.3. The van der Waals surface area contributed by atoms with Crippen molar-refractivity contribution in [2.45, 2.75) is 32.1 Å². The van der Waals surface area contributed by atoms with Crippen LogP contribution in [-0.4, -0.2) is 43.1 Å². The summed E-state index contributed by atoms with van der Waals surface area (Å²) in [6, 6.07) is 16.3. The number of aryl methyl sites for hydroxylation is 1. The van der Waals surface area contributed by atoms with Crippen LogP contribution in [0.5, 0.6) is 11.5 Å². The highest BCUT2D eigenvalue weighted by Crippen LogP contribution is 2.31. The molecule has 0 spiro atoms. The van der Waals surface area contributed by atoms with Crippen molar-refractivity contribution in [1.29, 1.82) is 0 Å². The van der Waals surface area contributed by atoms with E-state index in [2.05, 4.69) is 6.07 Å². The predicted molar refractivity (Wildman–Crippen MR) is 126 cm³/mol. The summed E-state index contributed by atoms with van der Waals surface area (Å²) >= 11 is 0. The van der Waals surface area contributed by atoms with E-state index in [-0.39, 0.29) is 11.7 Å². The van der Waals surface area contributed by atoms with Gasteiger partial charge in [-0.15, -0.1) is 0 Å². The SMILES string of the molecule is COc1ccc(CC(=O)N2CCC(c3cc(-c4ccc(F)cc4)cc(C)n3)CC2)cc1OC. The fourth-order valence-electron chi connectivity index (χ4n) is 4.41. The molecule has 2 aromatic carbocycles. The number of piperidine rings is 1. The van der Waals surface area contributed by atoms with Crippen molar-refractivity contribution in [3.63, 3.8) is 0 Å². The van der Waals surface area contributed by atoms with Gasteiger partial charge in [0.05, 0.1) is 20.6 Å². The summed E-state index contributed by atoms with van der Waals surface area (Å²) in [5.41, 5.74) is 4.92. The molecule has 0 unspecified atom stereocenters. The van der Waals surface area contributed by atoms with E-state index in [1.54, 1.807) is 26.4 Å². The molecule has 0 atom stereocenters. The highest BCUT2D eigenvalue weighted by Gasteiger charge is 2.25. The number of likely N-dealkylation sites (tertiary alicyclic amines) is 1. The van der Waals surface area contributed by atoms with Crippen LogP contribution in [0.15, 0.2) is 54.6 Å². The first-order chi connectivity index (χ1) is 16.0. The number of nitrogens with zero attached hydrogens (tertiary/aromatic N) is 2. The van der Waals surface area contributed by atoms with Crippen LogP contribution in [0, 0.1) is 12.7 Å². The first kappa shape index (κ1) is 22.8. The van der Waals surface area contributed by atoms with Crippen LogP contribution in [0.25, 0.3) is 11.1 Å². The molecule has 0 saturated carbocycles. The first-order valence-corrected chi connectivity index (χ1v) is 11.2. The molecule has 33 heavy (non-hydrogen) atoms. The number of aromatic nitrogens is 1. The van der Waals surface area contributed by atoms with Crippen molar-refractivity contribution in [1.82, 2.24) is 9.88 Å². The molecule has 1 amide bonds. The molecule has 1 aliphatic heterocycles. The van der Waals surface area contributed by atoms with Gasteiger partial charge in [-0.1, -0.05) is 18.2 Å². The van der Waals surface area contributed by atoms with Crippen LogP contribution in [0.2, 0.25) is 0 Å². The third-order valence-corrected chi connectivity index (χ3v) is 6.22. The molecular weight excluding hydrogens is 419 g/mol. The zero-order valence-electron chi connectivity index (χ0n) is 19.3. The van der Waals surface area contributed by atoms with Crippen molar-refractivity contribution in [2.24, 2.45) is 0 Å². The Morgan fingerprint density at radius 1 is 0.970 bits per heavy atom. The molecular formula is C27H29FN2O3. The van der Waals surface area contributed by atoms with Gasteiger partial charge in [0, 0.05) is 30.4 Å². The highest BCUT2D eigenvalue weighted by molar-refractivity contribution is 5.79. The molecule has 6 heteroatoms. The van der Waals surface area contributed by atoms with Gasteiger partial charge >= 0.3 is 0 Å². The molecule has 1 aliphatic rings. The summed E-state index contributed by atoms with van der Waals surface area (Å²) in [4.78, 5) is 19.6. The Bertz CT molecular complexity index is 1120. The second kappa shape index (κ2) is 10.0. The molecule has 0 N–H and O–H groups in total. The van der Waals surface area contributed by atoms with Crippen LogP contribution in [0.3, 0.4) is 0 Å². The first-order valence-electron chi connectivity index (χ1n) is 11.2. The molecule has 172 valence electrons. The number of pyridine rings is 1. The van der Waals surface area contributed by atoms with E-state index >= 15 is 0 Å². The molecule has 0 bridgehead atoms. The number of hydrogen-bond donors (Lipinski definition) is 0. The lowest BCUT2D eigenvalue weighted by molar-refractivity contribution is -0.131. The van der Waals surface area contributed by atoms with Crippen LogP contribution >= 0.6 is 0 Å². The van der Waals surface area contributed by atoms with Gasteiger partial charge in [0.15, 0.2) is 11.5 Å². The number of halogens is 1. The van der Waals surface area contributed by atoms with Crippen molar-refractivity contribution in [2.75, 3.05) is 27.3 Å². The predicted octanol–water partition coefficient (Wildman–Crippen LogP) is 5.16. The average Bonchev–Trinajstić information content (AvgIpc) is 2.84. The van der Waals surface area contributed by atoms with Crippen LogP contribution in [-0.2, 0) is 11.2 Å². The number of methoxy groups -OCH3 is 2. The van der Waals surface area contributed by atoms with Gasteiger partial charge in [-0.3, -0.25) is 9.78 Å². The van der Waals surface area contributed by atoms with Crippen molar-refractivity contribution in [3.8, 4) is 22.6 Å². The number of hydrogen-bond acceptors (Lipinski definition) is 4. The molecule has 0 aliphatic carbocycles. The normalized spacial score (nSPS) is 14.2. The number of amides is 1.